The number of hydrogen-bond acceptors (Lipinski definition) is 3. The molecule has 0 aromatic heterocycles. The van der Waals surface area contributed by atoms with Crippen molar-refractivity contribution in [1.29, 1.82) is 5.26 Å². The van der Waals surface area contributed by atoms with Crippen LogP contribution in [0, 0.1) is 16.7 Å². The molecular formula is C24H37N3O. The van der Waals surface area contributed by atoms with E-state index in [2.05, 4.69) is 54.4 Å². The fourth-order valence-electron chi connectivity index (χ4n) is 5.58. The molecule has 1 aromatic carbocycles. The second kappa shape index (κ2) is 8.66. The first kappa shape index (κ1) is 20.9. The quantitative estimate of drug-likeness (QED) is 0.724. The van der Waals surface area contributed by atoms with Crippen molar-refractivity contribution in [2.45, 2.75) is 77.2 Å². The van der Waals surface area contributed by atoms with E-state index in [-0.39, 0.29) is 24.2 Å². The molecule has 1 aliphatic carbocycles. The third kappa shape index (κ3) is 4.10. The van der Waals surface area contributed by atoms with Crippen LogP contribution in [0.5, 0.6) is 0 Å². The highest BCUT2D eigenvalue weighted by atomic mass is 16.1. The summed E-state index contributed by atoms with van der Waals surface area (Å²) in [5.74, 6) is 0.0578. The molecule has 0 saturated carbocycles. The van der Waals surface area contributed by atoms with Crippen LogP contribution in [0.25, 0.3) is 0 Å². The number of benzene rings is 1. The first-order chi connectivity index (χ1) is 13.5. The number of hydrogen-bond donors (Lipinski definition) is 1. The van der Waals surface area contributed by atoms with Gasteiger partial charge in [-0.15, -0.1) is 0 Å². The standard InChI is InChI=1S/C24H35N3O.H2/c1-4-23(5-2,11-8-14-25)18-27-15-12-24(13-16-27)17-22(26-19(3)28)20-9-6-7-10-21(20)24;/h6-7,9-10,22H,4-5,8,11-13,15-18H2,1-3H3,(H,26,28);1H/t22-;/m0./s1. The Bertz CT molecular complexity index is 730. The largest absolute Gasteiger partial charge is 0.349 e. The van der Waals surface area contributed by atoms with E-state index >= 15 is 0 Å². The number of likely N-dealkylation sites (tertiary alicyclic amines) is 1. The summed E-state index contributed by atoms with van der Waals surface area (Å²) in [6.45, 7) is 9.49. The molecule has 4 heteroatoms. The maximum Gasteiger partial charge on any atom is 0.217 e. The molecule has 28 heavy (non-hydrogen) atoms. The first-order valence-corrected chi connectivity index (χ1v) is 10.9. The summed E-state index contributed by atoms with van der Waals surface area (Å²) in [5, 5.41) is 12.2. The highest BCUT2D eigenvalue weighted by Gasteiger charge is 2.46. The molecule has 1 saturated heterocycles. The van der Waals surface area contributed by atoms with Gasteiger partial charge in [-0.1, -0.05) is 38.1 Å². The summed E-state index contributed by atoms with van der Waals surface area (Å²) in [7, 11) is 0. The molecule has 1 aromatic rings. The number of amides is 1. The van der Waals surface area contributed by atoms with Crippen molar-refractivity contribution >= 4 is 5.91 Å². The van der Waals surface area contributed by atoms with Crippen LogP contribution in [0.15, 0.2) is 24.3 Å². The Kier molecular flexibility index (Phi) is 6.45. The van der Waals surface area contributed by atoms with E-state index in [4.69, 9.17) is 5.26 Å². The smallest absolute Gasteiger partial charge is 0.217 e. The molecule has 154 valence electrons. The first-order valence-electron chi connectivity index (χ1n) is 10.9. The fraction of sp³-hybridized carbons (Fsp3) is 0.667. The number of nitriles is 1. The molecular weight excluding hydrogens is 346 g/mol. The molecule has 1 N–H and O–H groups in total. The van der Waals surface area contributed by atoms with Gasteiger partial charge in [-0.05, 0) is 68.2 Å². The zero-order valence-electron chi connectivity index (χ0n) is 17.8. The van der Waals surface area contributed by atoms with Crippen LogP contribution in [0.1, 0.15) is 84.3 Å². The third-order valence-corrected chi connectivity index (χ3v) is 7.52. The molecule has 0 bridgehead atoms. The predicted molar refractivity (Wildman–Crippen MR) is 115 cm³/mol. The van der Waals surface area contributed by atoms with Crippen LogP contribution in [-0.2, 0) is 10.2 Å². The van der Waals surface area contributed by atoms with Gasteiger partial charge >= 0.3 is 0 Å². The zero-order valence-corrected chi connectivity index (χ0v) is 17.8. The molecule has 1 atom stereocenters. The van der Waals surface area contributed by atoms with Gasteiger partial charge in [0, 0.05) is 26.7 Å². The molecule has 1 spiro atoms. The van der Waals surface area contributed by atoms with Gasteiger partial charge in [0.15, 0.2) is 0 Å². The molecule has 1 heterocycles. The third-order valence-electron chi connectivity index (χ3n) is 7.52. The second-order valence-corrected chi connectivity index (χ2v) is 8.97. The van der Waals surface area contributed by atoms with Crippen molar-refractivity contribution in [3.63, 3.8) is 0 Å². The van der Waals surface area contributed by atoms with Gasteiger partial charge in [0.1, 0.15) is 0 Å². The second-order valence-electron chi connectivity index (χ2n) is 8.97. The van der Waals surface area contributed by atoms with Crippen LogP contribution < -0.4 is 5.32 Å². The highest BCUT2D eigenvalue weighted by molar-refractivity contribution is 5.73. The van der Waals surface area contributed by atoms with Crippen molar-refractivity contribution < 1.29 is 6.22 Å². The lowest BCUT2D eigenvalue weighted by atomic mass is 9.72. The van der Waals surface area contributed by atoms with Gasteiger partial charge in [0.2, 0.25) is 5.91 Å². The zero-order chi connectivity index (χ0) is 20.2. The number of nitrogens with one attached hydrogen (secondary N) is 1. The average Bonchev–Trinajstić information content (AvgIpc) is 3.00. The summed E-state index contributed by atoms with van der Waals surface area (Å²) in [6.07, 6.45) is 7.28. The highest BCUT2D eigenvalue weighted by Crippen LogP contribution is 2.51. The number of nitrogens with zero attached hydrogens (tertiary/aromatic N) is 2. The van der Waals surface area contributed by atoms with Crippen molar-refractivity contribution in [3.05, 3.63) is 35.4 Å². The summed E-state index contributed by atoms with van der Waals surface area (Å²) in [5.41, 5.74) is 3.24. The van der Waals surface area contributed by atoms with E-state index in [1.54, 1.807) is 6.92 Å². The Morgan fingerprint density at radius 2 is 2.00 bits per heavy atom. The minimum absolute atomic E-state index is 0. The number of piperidine rings is 1. The van der Waals surface area contributed by atoms with Crippen LogP contribution in [0.2, 0.25) is 0 Å². The summed E-state index contributed by atoms with van der Waals surface area (Å²) < 4.78 is 0. The number of carbonyl (C=O) groups is 1. The van der Waals surface area contributed by atoms with E-state index in [9.17, 15) is 4.79 Å². The maximum absolute atomic E-state index is 11.7. The van der Waals surface area contributed by atoms with E-state index in [0.717, 1.165) is 58.2 Å². The summed E-state index contributed by atoms with van der Waals surface area (Å²) >= 11 is 0. The van der Waals surface area contributed by atoms with Crippen molar-refractivity contribution in [3.8, 4) is 6.07 Å². The van der Waals surface area contributed by atoms with Crippen LogP contribution in [-0.4, -0.2) is 30.4 Å². The van der Waals surface area contributed by atoms with Gasteiger partial charge in [0.25, 0.3) is 0 Å². The van der Waals surface area contributed by atoms with E-state index in [0.29, 0.717) is 6.42 Å². The molecule has 2 aliphatic rings. The molecule has 4 nitrogen and oxygen atoms in total. The molecule has 3 rings (SSSR count). The van der Waals surface area contributed by atoms with Crippen molar-refractivity contribution in [1.82, 2.24) is 10.2 Å². The molecule has 0 unspecified atom stereocenters. The molecule has 1 aliphatic heterocycles. The average molecular weight is 384 g/mol. The molecule has 1 amide bonds. The minimum Gasteiger partial charge on any atom is -0.349 e. The lowest BCUT2D eigenvalue weighted by molar-refractivity contribution is -0.119. The summed E-state index contributed by atoms with van der Waals surface area (Å²) in [4.78, 5) is 14.3. The summed E-state index contributed by atoms with van der Waals surface area (Å²) in [6, 6.07) is 11.2. The Labute approximate surface area is 171 Å². The Balaban J connectivity index is 0.00000300. The maximum atomic E-state index is 11.7. The molecule has 1 fully saturated rings. The number of fused-ring (bicyclic) bond motifs is 2. The molecule has 0 radical (unpaired) electrons. The predicted octanol–water partition coefficient (Wildman–Crippen LogP) is 4.96. The van der Waals surface area contributed by atoms with Crippen LogP contribution in [0.4, 0.5) is 0 Å². The van der Waals surface area contributed by atoms with Gasteiger partial charge < -0.3 is 10.2 Å². The van der Waals surface area contributed by atoms with Crippen molar-refractivity contribution in [2.75, 3.05) is 19.6 Å². The van der Waals surface area contributed by atoms with E-state index in [1.165, 1.54) is 11.1 Å². The minimum atomic E-state index is 0. The number of carbonyl (C=O) groups excluding carboxylic acids is 1. The lowest BCUT2D eigenvalue weighted by Crippen LogP contribution is -2.46. The monoisotopic (exact) mass is 383 g/mol. The fourth-order valence-corrected chi connectivity index (χ4v) is 5.58. The van der Waals surface area contributed by atoms with Gasteiger partial charge in [0.05, 0.1) is 12.1 Å². The Morgan fingerprint density at radius 1 is 1.32 bits per heavy atom. The topological polar surface area (TPSA) is 56.1 Å². The van der Waals surface area contributed by atoms with Gasteiger partial charge in [-0.25, -0.2) is 0 Å². The van der Waals surface area contributed by atoms with E-state index in [1.807, 2.05) is 0 Å². The Hall–Kier alpha value is -1.86. The van der Waals surface area contributed by atoms with E-state index < -0.39 is 0 Å². The SMILES string of the molecule is CCC(CC)(CCC#N)CN1CCC2(CC1)C[C@H](NC(C)=O)c1ccccc12.[HH]. The van der Waals surface area contributed by atoms with Gasteiger partial charge in [-0.2, -0.15) is 5.26 Å². The number of rotatable bonds is 7. The van der Waals surface area contributed by atoms with Crippen LogP contribution >= 0.6 is 0 Å². The Morgan fingerprint density at radius 3 is 2.61 bits per heavy atom. The van der Waals surface area contributed by atoms with Crippen molar-refractivity contribution in [2.24, 2.45) is 5.41 Å². The lowest BCUT2D eigenvalue weighted by Gasteiger charge is -2.44. The van der Waals surface area contributed by atoms with Gasteiger partial charge in [-0.3, -0.25) is 4.79 Å². The normalized spacial score (nSPS) is 21.3. The van der Waals surface area contributed by atoms with Crippen LogP contribution in [0.3, 0.4) is 0 Å².